The van der Waals surface area contributed by atoms with Crippen molar-refractivity contribution < 1.29 is 0 Å². The summed E-state index contributed by atoms with van der Waals surface area (Å²) < 4.78 is 0. The molecule has 1 aromatic rings. The first kappa shape index (κ1) is 12.8. The molecule has 2 aliphatic heterocycles. The second-order valence-electron chi connectivity index (χ2n) is 6.58. The molecule has 0 radical (unpaired) electrons. The molecule has 3 unspecified atom stereocenters. The van der Waals surface area contributed by atoms with Gasteiger partial charge in [-0.3, -0.25) is 0 Å². The second kappa shape index (κ2) is 5.07. The molecule has 2 heteroatoms. The molecule has 0 aliphatic carbocycles. The van der Waals surface area contributed by atoms with Gasteiger partial charge in [0, 0.05) is 30.5 Å². The number of anilines is 2. The van der Waals surface area contributed by atoms with E-state index in [2.05, 4.69) is 49.2 Å². The number of piperidine rings is 1. The smallest absolute Gasteiger partial charge is 0.0374 e. The van der Waals surface area contributed by atoms with Crippen molar-refractivity contribution >= 4 is 11.4 Å². The number of aryl methyl sites for hydroxylation is 1. The summed E-state index contributed by atoms with van der Waals surface area (Å²) in [5.74, 6) is 1.60. The van der Waals surface area contributed by atoms with Gasteiger partial charge in [-0.15, -0.1) is 0 Å². The van der Waals surface area contributed by atoms with Crippen LogP contribution in [0.2, 0.25) is 0 Å². The fraction of sp³-hybridized carbons (Fsp3) is 0.647. The second-order valence-corrected chi connectivity index (χ2v) is 6.58. The van der Waals surface area contributed by atoms with Crippen molar-refractivity contribution in [3.63, 3.8) is 0 Å². The third-order valence-electron chi connectivity index (χ3n) is 4.96. The van der Waals surface area contributed by atoms with Crippen LogP contribution in [0.4, 0.5) is 11.4 Å². The Morgan fingerprint density at radius 2 is 2.05 bits per heavy atom. The fourth-order valence-corrected chi connectivity index (χ4v) is 3.70. The van der Waals surface area contributed by atoms with E-state index < -0.39 is 0 Å². The van der Waals surface area contributed by atoms with Crippen LogP contribution in [0, 0.1) is 11.8 Å². The number of hydrogen-bond acceptors (Lipinski definition) is 2. The minimum absolute atomic E-state index is 0.658. The van der Waals surface area contributed by atoms with E-state index >= 15 is 0 Å². The van der Waals surface area contributed by atoms with Crippen LogP contribution in [0.25, 0.3) is 0 Å². The number of nitrogens with zero attached hydrogens (tertiary/aromatic N) is 1. The largest absolute Gasteiger partial charge is 0.385 e. The Labute approximate surface area is 117 Å². The van der Waals surface area contributed by atoms with Gasteiger partial charge in [0.25, 0.3) is 0 Å². The Bertz CT molecular complexity index is 455. The number of rotatable bonds is 1. The van der Waals surface area contributed by atoms with Crippen LogP contribution in [0.1, 0.15) is 39.2 Å². The SMILES string of the molecule is CC1CC(C)C(C)N(c2ccc3c(c2)CCCN3)C1. The van der Waals surface area contributed by atoms with E-state index in [1.54, 1.807) is 0 Å². The number of nitrogens with one attached hydrogen (secondary N) is 1. The minimum Gasteiger partial charge on any atom is -0.385 e. The van der Waals surface area contributed by atoms with Crippen molar-refractivity contribution in [3.05, 3.63) is 23.8 Å². The lowest BCUT2D eigenvalue weighted by molar-refractivity contribution is 0.297. The first-order chi connectivity index (χ1) is 9.15. The molecule has 1 fully saturated rings. The van der Waals surface area contributed by atoms with Gasteiger partial charge in [0.05, 0.1) is 0 Å². The average molecular weight is 258 g/mol. The number of fused-ring (bicyclic) bond motifs is 1. The van der Waals surface area contributed by atoms with Gasteiger partial charge in [-0.05, 0) is 61.8 Å². The molecule has 0 bridgehead atoms. The highest BCUT2D eigenvalue weighted by Crippen LogP contribution is 2.34. The van der Waals surface area contributed by atoms with Gasteiger partial charge >= 0.3 is 0 Å². The summed E-state index contributed by atoms with van der Waals surface area (Å²) >= 11 is 0. The molecule has 1 N–H and O–H groups in total. The molecule has 0 saturated carbocycles. The zero-order valence-corrected chi connectivity index (χ0v) is 12.4. The van der Waals surface area contributed by atoms with Gasteiger partial charge in [-0.2, -0.15) is 0 Å². The van der Waals surface area contributed by atoms with Gasteiger partial charge in [-0.25, -0.2) is 0 Å². The van der Waals surface area contributed by atoms with E-state index in [4.69, 9.17) is 0 Å². The predicted octanol–water partition coefficient (Wildman–Crippen LogP) is 3.92. The Kier molecular flexibility index (Phi) is 3.42. The number of hydrogen-bond donors (Lipinski definition) is 1. The monoisotopic (exact) mass is 258 g/mol. The molecule has 0 amide bonds. The standard InChI is InChI=1S/C17H26N2/c1-12-9-13(2)14(3)19(11-12)16-6-7-17-15(10-16)5-4-8-18-17/h6-7,10,12-14,18H,4-5,8-9,11H2,1-3H3. The maximum absolute atomic E-state index is 3.50. The first-order valence-corrected chi connectivity index (χ1v) is 7.78. The first-order valence-electron chi connectivity index (χ1n) is 7.78. The lowest BCUT2D eigenvalue weighted by Gasteiger charge is -2.43. The van der Waals surface area contributed by atoms with Crippen LogP contribution in [-0.4, -0.2) is 19.1 Å². The van der Waals surface area contributed by atoms with Crippen molar-refractivity contribution in [1.29, 1.82) is 0 Å². The van der Waals surface area contributed by atoms with E-state index in [-0.39, 0.29) is 0 Å². The average Bonchev–Trinajstić information content (AvgIpc) is 2.42. The Hall–Kier alpha value is -1.18. The molecule has 1 saturated heterocycles. The summed E-state index contributed by atoms with van der Waals surface area (Å²) in [7, 11) is 0. The normalized spacial score (nSPS) is 30.7. The highest BCUT2D eigenvalue weighted by molar-refractivity contribution is 5.62. The Balaban J connectivity index is 1.88. The summed E-state index contributed by atoms with van der Waals surface area (Å²) in [5, 5.41) is 3.50. The Morgan fingerprint density at radius 1 is 1.21 bits per heavy atom. The molecule has 2 heterocycles. The highest BCUT2D eigenvalue weighted by atomic mass is 15.2. The van der Waals surface area contributed by atoms with E-state index in [1.165, 1.54) is 42.7 Å². The summed E-state index contributed by atoms with van der Waals surface area (Å²) in [5.41, 5.74) is 4.27. The number of benzene rings is 1. The maximum Gasteiger partial charge on any atom is 0.0374 e. The quantitative estimate of drug-likeness (QED) is 0.821. The predicted molar refractivity (Wildman–Crippen MR) is 83.0 cm³/mol. The minimum atomic E-state index is 0.658. The molecule has 19 heavy (non-hydrogen) atoms. The van der Waals surface area contributed by atoms with Gasteiger partial charge in [0.1, 0.15) is 0 Å². The molecular formula is C17H26N2. The summed E-state index contributed by atoms with van der Waals surface area (Å²) in [6, 6.07) is 7.66. The molecule has 2 aliphatic rings. The highest BCUT2D eigenvalue weighted by Gasteiger charge is 2.29. The van der Waals surface area contributed by atoms with Crippen LogP contribution >= 0.6 is 0 Å². The van der Waals surface area contributed by atoms with Crippen molar-refractivity contribution in [2.24, 2.45) is 11.8 Å². The molecular weight excluding hydrogens is 232 g/mol. The van der Waals surface area contributed by atoms with Crippen LogP contribution in [0.5, 0.6) is 0 Å². The van der Waals surface area contributed by atoms with E-state index in [1.807, 2.05) is 0 Å². The molecule has 0 aromatic heterocycles. The zero-order valence-electron chi connectivity index (χ0n) is 12.4. The van der Waals surface area contributed by atoms with Crippen molar-refractivity contribution in [3.8, 4) is 0 Å². The van der Waals surface area contributed by atoms with Crippen LogP contribution in [0.3, 0.4) is 0 Å². The summed E-state index contributed by atoms with van der Waals surface area (Å²) in [6.45, 7) is 9.50. The van der Waals surface area contributed by atoms with Gasteiger partial charge < -0.3 is 10.2 Å². The van der Waals surface area contributed by atoms with E-state index in [0.29, 0.717) is 6.04 Å². The molecule has 2 nitrogen and oxygen atoms in total. The van der Waals surface area contributed by atoms with Gasteiger partial charge in [-0.1, -0.05) is 13.8 Å². The molecule has 3 rings (SSSR count). The maximum atomic E-state index is 3.50. The topological polar surface area (TPSA) is 15.3 Å². The molecule has 3 atom stereocenters. The third kappa shape index (κ3) is 2.45. The Morgan fingerprint density at radius 3 is 2.89 bits per heavy atom. The molecule has 1 aromatic carbocycles. The zero-order chi connectivity index (χ0) is 13.4. The summed E-state index contributed by atoms with van der Waals surface area (Å²) in [4.78, 5) is 2.62. The lowest BCUT2D eigenvalue weighted by Crippen LogP contribution is -2.45. The fourth-order valence-electron chi connectivity index (χ4n) is 3.70. The van der Waals surface area contributed by atoms with Crippen molar-refractivity contribution in [2.75, 3.05) is 23.3 Å². The molecule has 0 spiro atoms. The van der Waals surface area contributed by atoms with Gasteiger partial charge in [0.15, 0.2) is 0 Å². The van der Waals surface area contributed by atoms with Crippen LogP contribution < -0.4 is 10.2 Å². The van der Waals surface area contributed by atoms with E-state index in [9.17, 15) is 0 Å². The lowest BCUT2D eigenvalue weighted by atomic mass is 9.85. The van der Waals surface area contributed by atoms with Crippen molar-refractivity contribution in [2.45, 2.75) is 46.1 Å². The van der Waals surface area contributed by atoms with Gasteiger partial charge in [0.2, 0.25) is 0 Å². The third-order valence-corrected chi connectivity index (χ3v) is 4.96. The molecule has 104 valence electrons. The summed E-state index contributed by atoms with van der Waals surface area (Å²) in [6.07, 6.45) is 3.85. The van der Waals surface area contributed by atoms with Crippen molar-refractivity contribution in [1.82, 2.24) is 0 Å². The van der Waals surface area contributed by atoms with Crippen LogP contribution in [0.15, 0.2) is 18.2 Å². The van der Waals surface area contributed by atoms with E-state index in [0.717, 1.165) is 18.4 Å². The van der Waals surface area contributed by atoms with Crippen LogP contribution in [-0.2, 0) is 6.42 Å².